The number of benzene rings is 2. The molecule has 1 saturated heterocycles. The molecule has 1 aliphatic rings. The molecule has 0 radical (unpaired) electrons. The van der Waals surface area contributed by atoms with E-state index in [1.54, 1.807) is 0 Å². The van der Waals surface area contributed by atoms with Gasteiger partial charge in [-0.05, 0) is 44.0 Å². The van der Waals surface area contributed by atoms with Crippen LogP contribution >= 0.6 is 0 Å². The second-order valence-corrected chi connectivity index (χ2v) is 7.40. The van der Waals surface area contributed by atoms with Gasteiger partial charge in [-0.3, -0.25) is 4.79 Å². The maximum absolute atomic E-state index is 12.9. The van der Waals surface area contributed by atoms with Gasteiger partial charge in [-0.2, -0.15) is 0 Å². The molecule has 2 aromatic carbocycles. The van der Waals surface area contributed by atoms with Crippen LogP contribution in [-0.4, -0.2) is 43.2 Å². The first kappa shape index (κ1) is 19.4. The summed E-state index contributed by atoms with van der Waals surface area (Å²) in [6.45, 7) is 8.73. The van der Waals surface area contributed by atoms with Crippen LogP contribution in [0.15, 0.2) is 48.5 Å². The van der Waals surface area contributed by atoms with Gasteiger partial charge in [0.05, 0.1) is 19.3 Å². The fraction of sp³-hybridized carbons (Fsp3) is 0.435. The van der Waals surface area contributed by atoms with Crippen LogP contribution in [0.25, 0.3) is 0 Å². The normalized spacial score (nSPS) is 15.6. The van der Waals surface area contributed by atoms with Crippen molar-refractivity contribution in [2.24, 2.45) is 0 Å². The summed E-state index contributed by atoms with van der Waals surface area (Å²) in [5.41, 5.74) is 3.52. The molecule has 0 N–H and O–H groups in total. The second kappa shape index (κ2) is 9.05. The van der Waals surface area contributed by atoms with Gasteiger partial charge in [0, 0.05) is 25.4 Å². The first-order valence-electron chi connectivity index (χ1n) is 9.71. The van der Waals surface area contributed by atoms with Crippen LogP contribution in [-0.2, 0) is 9.53 Å². The summed E-state index contributed by atoms with van der Waals surface area (Å²) in [5, 5.41) is 0. The minimum Gasteiger partial charge on any atom is -0.491 e. The Balaban J connectivity index is 1.83. The van der Waals surface area contributed by atoms with Crippen molar-refractivity contribution in [3.8, 4) is 5.75 Å². The van der Waals surface area contributed by atoms with E-state index in [-0.39, 0.29) is 17.9 Å². The van der Waals surface area contributed by atoms with Gasteiger partial charge in [-0.1, -0.05) is 42.0 Å². The highest BCUT2D eigenvalue weighted by Crippen LogP contribution is 2.30. The van der Waals surface area contributed by atoms with Gasteiger partial charge in [0.15, 0.2) is 0 Å². The Morgan fingerprint density at radius 3 is 2.11 bits per heavy atom. The number of hydrogen-bond acceptors (Lipinski definition) is 3. The quantitative estimate of drug-likeness (QED) is 0.769. The highest BCUT2D eigenvalue weighted by atomic mass is 16.5. The summed E-state index contributed by atoms with van der Waals surface area (Å²) in [5.74, 6) is 1.08. The Bertz CT molecular complexity index is 731. The Kier molecular flexibility index (Phi) is 6.51. The Morgan fingerprint density at radius 1 is 1.00 bits per heavy atom. The van der Waals surface area contributed by atoms with Crippen molar-refractivity contribution >= 4 is 5.91 Å². The summed E-state index contributed by atoms with van der Waals surface area (Å²) < 4.78 is 11.1. The SMILES string of the molecule is Cc1ccc([C@@H](CC(=O)N2CCOCC2)c2ccc(OC(C)C)cc2)cc1. The maximum Gasteiger partial charge on any atom is 0.223 e. The summed E-state index contributed by atoms with van der Waals surface area (Å²) in [6, 6.07) is 16.6. The van der Waals surface area contributed by atoms with Gasteiger partial charge in [0.2, 0.25) is 5.91 Å². The maximum atomic E-state index is 12.9. The molecule has 1 fully saturated rings. The smallest absolute Gasteiger partial charge is 0.223 e. The third kappa shape index (κ3) is 5.33. The van der Waals surface area contributed by atoms with Crippen LogP contribution in [0.2, 0.25) is 0 Å². The van der Waals surface area contributed by atoms with Gasteiger partial charge in [-0.15, -0.1) is 0 Å². The lowest BCUT2D eigenvalue weighted by atomic mass is 9.87. The van der Waals surface area contributed by atoms with E-state index in [0.29, 0.717) is 32.7 Å². The lowest BCUT2D eigenvalue weighted by molar-refractivity contribution is -0.135. The van der Waals surface area contributed by atoms with Crippen LogP contribution in [0, 0.1) is 6.92 Å². The molecule has 4 heteroatoms. The first-order chi connectivity index (χ1) is 13.0. The molecule has 1 heterocycles. The van der Waals surface area contributed by atoms with Crippen molar-refractivity contribution in [1.82, 2.24) is 4.90 Å². The minimum atomic E-state index is 0.0362. The molecule has 4 nitrogen and oxygen atoms in total. The molecule has 1 amide bonds. The van der Waals surface area contributed by atoms with Gasteiger partial charge >= 0.3 is 0 Å². The number of hydrogen-bond donors (Lipinski definition) is 0. The predicted molar refractivity (Wildman–Crippen MR) is 107 cm³/mol. The van der Waals surface area contributed by atoms with E-state index in [4.69, 9.17) is 9.47 Å². The van der Waals surface area contributed by atoms with Gasteiger partial charge in [-0.25, -0.2) is 0 Å². The predicted octanol–water partition coefficient (Wildman–Crippen LogP) is 4.16. The molecular weight excluding hydrogens is 338 g/mol. The summed E-state index contributed by atoms with van der Waals surface area (Å²) in [6.07, 6.45) is 0.611. The molecule has 27 heavy (non-hydrogen) atoms. The molecule has 144 valence electrons. The largest absolute Gasteiger partial charge is 0.491 e. The van der Waals surface area contributed by atoms with E-state index < -0.39 is 0 Å². The zero-order chi connectivity index (χ0) is 19.2. The standard InChI is InChI=1S/C23H29NO3/c1-17(2)27-21-10-8-20(9-11-21)22(19-6-4-18(3)5-7-19)16-23(25)24-12-14-26-15-13-24/h4-11,17,22H,12-16H2,1-3H3/t22-/m1/s1. The van der Waals surface area contributed by atoms with Gasteiger partial charge < -0.3 is 14.4 Å². The molecular formula is C23H29NO3. The van der Waals surface area contributed by atoms with Crippen LogP contribution in [0.1, 0.15) is 42.9 Å². The molecule has 0 aromatic heterocycles. The minimum absolute atomic E-state index is 0.0362. The van der Waals surface area contributed by atoms with E-state index in [1.165, 1.54) is 11.1 Å². The van der Waals surface area contributed by atoms with E-state index in [0.717, 1.165) is 11.3 Å². The van der Waals surface area contributed by atoms with Crippen LogP contribution in [0.4, 0.5) is 0 Å². The highest BCUT2D eigenvalue weighted by molar-refractivity contribution is 5.78. The first-order valence-corrected chi connectivity index (χ1v) is 9.71. The number of carbonyl (C=O) groups is 1. The molecule has 1 atom stereocenters. The molecule has 0 unspecified atom stereocenters. The molecule has 0 saturated carbocycles. The number of ether oxygens (including phenoxy) is 2. The van der Waals surface area contributed by atoms with Crippen molar-refractivity contribution in [2.45, 2.75) is 39.2 Å². The van der Waals surface area contributed by atoms with Crippen molar-refractivity contribution in [1.29, 1.82) is 0 Å². The summed E-state index contributed by atoms with van der Waals surface area (Å²) >= 11 is 0. The third-order valence-electron chi connectivity index (χ3n) is 4.88. The molecule has 2 aromatic rings. The Hall–Kier alpha value is -2.33. The lowest BCUT2D eigenvalue weighted by Crippen LogP contribution is -2.41. The number of nitrogens with zero attached hydrogens (tertiary/aromatic N) is 1. The van der Waals surface area contributed by atoms with E-state index in [2.05, 4.69) is 43.3 Å². The molecule has 0 aliphatic carbocycles. The van der Waals surface area contributed by atoms with Crippen molar-refractivity contribution < 1.29 is 14.3 Å². The number of rotatable bonds is 6. The van der Waals surface area contributed by atoms with E-state index in [1.807, 2.05) is 30.9 Å². The average Bonchev–Trinajstić information content (AvgIpc) is 2.68. The highest BCUT2D eigenvalue weighted by Gasteiger charge is 2.23. The Labute approximate surface area is 162 Å². The molecule has 3 rings (SSSR count). The zero-order valence-corrected chi connectivity index (χ0v) is 16.5. The monoisotopic (exact) mass is 367 g/mol. The second-order valence-electron chi connectivity index (χ2n) is 7.40. The van der Waals surface area contributed by atoms with Crippen molar-refractivity contribution in [2.75, 3.05) is 26.3 Å². The number of aryl methyl sites for hydroxylation is 1. The fourth-order valence-corrected chi connectivity index (χ4v) is 3.39. The summed E-state index contributed by atoms with van der Waals surface area (Å²) in [7, 11) is 0. The lowest BCUT2D eigenvalue weighted by Gasteiger charge is -2.29. The molecule has 0 spiro atoms. The Morgan fingerprint density at radius 2 is 1.56 bits per heavy atom. The zero-order valence-electron chi connectivity index (χ0n) is 16.5. The summed E-state index contributed by atoms with van der Waals surface area (Å²) in [4.78, 5) is 14.8. The molecule has 1 aliphatic heterocycles. The van der Waals surface area contributed by atoms with Crippen molar-refractivity contribution in [3.63, 3.8) is 0 Å². The van der Waals surface area contributed by atoms with Crippen LogP contribution in [0.5, 0.6) is 5.75 Å². The van der Waals surface area contributed by atoms with Crippen molar-refractivity contribution in [3.05, 3.63) is 65.2 Å². The van der Waals surface area contributed by atoms with Crippen LogP contribution < -0.4 is 4.74 Å². The van der Waals surface area contributed by atoms with Crippen LogP contribution in [0.3, 0.4) is 0 Å². The fourth-order valence-electron chi connectivity index (χ4n) is 3.39. The van der Waals surface area contributed by atoms with Gasteiger partial charge in [0.1, 0.15) is 5.75 Å². The molecule has 0 bridgehead atoms. The number of carbonyl (C=O) groups excluding carboxylic acids is 1. The topological polar surface area (TPSA) is 38.8 Å². The number of amides is 1. The third-order valence-corrected chi connectivity index (χ3v) is 4.88. The average molecular weight is 367 g/mol. The van der Waals surface area contributed by atoms with Gasteiger partial charge in [0.25, 0.3) is 0 Å². The number of morpholine rings is 1. The van der Waals surface area contributed by atoms with E-state index >= 15 is 0 Å². The van der Waals surface area contributed by atoms with E-state index in [9.17, 15) is 4.79 Å².